The third-order valence-electron chi connectivity index (χ3n) is 2.10. The molecule has 5 N–H and O–H groups in total. The molecule has 5 nitrogen and oxygen atoms in total. The zero-order valence-corrected chi connectivity index (χ0v) is 9.32. The molecule has 0 radical (unpaired) electrons. The second-order valence-corrected chi connectivity index (χ2v) is 5.17. The van der Waals surface area contributed by atoms with Crippen LogP contribution in [0.15, 0.2) is 24.3 Å². The normalized spacial score (nSPS) is 13.9. The third-order valence-corrected chi connectivity index (χ3v) is 2.94. The van der Waals surface area contributed by atoms with E-state index in [2.05, 4.69) is 5.43 Å². The van der Waals surface area contributed by atoms with Gasteiger partial charge in [0.15, 0.2) is 0 Å². The van der Waals surface area contributed by atoms with E-state index in [-0.39, 0.29) is 6.16 Å². The van der Waals surface area contributed by atoms with Crippen LogP contribution >= 0.6 is 7.60 Å². The first-order valence-corrected chi connectivity index (χ1v) is 6.29. The van der Waals surface area contributed by atoms with Crippen molar-refractivity contribution in [2.45, 2.75) is 13.0 Å². The summed E-state index contributed by atoms with van der Waals surface area (Å²) < 4.78 is 10.8. The smallest absolute Gasteiger partial charge is 0.324 e. The minimum absolute atomic E-state index is 0.299. The zero-order valence-electron chi connectivity index (χ0n) is 8.42. The lowest BCUT2D eigenvalue weighted by Gasteiger charge is -2.16. The van der Waals surface area contributed by atoms with Crippen LogP contribution in [0.2, 0.25) is 0 Å². The summed E-state index contributed by atoms with van der Waals surface area (Å²) in [6.07, 6.45) is -0.299. The predicted octanol–water partition coefficient (Wildman–Crippen LogP) is 0.677. The van der Waals surface area contributed by atoms with E-state index in [9.17, 15) is 4.57 Å². The molecular weight excluding hydrogens is 215 g/mol. The fourth-order valence-corrected chi connectivity index (χ4v) is 2.08. The van der Waals surface area contributed by atoms with Crippen LogP contribution in [0.5, 0.6) is 0 Å². The van der Waals surface area contributed by atoms with E-state index >= 15 is 0 Å². The summed E-state index contributed by atoms with van der Waals surface area (Å²) in [5.74, 6) is 5.26. The quantitative estimate of drug-likeness (QED) is 0.346. The molecule has 15 heavy (non-hydrogen) atoms. The van der Waals surface area contributed by atoms with Crippen molar-refractivity contribution in [1.29, 1.82) is 0 Å². The van der Waals surface area contributed by atoms with Crippen molar-refractivity contribution in [2.24, 2.45) is 5.84 Å². The molecule has 1 rings (SSSR count). The van der Waals surface area contributed by atoms with Crippen LogP contribution in [-0.4, -0.2) is 15.9 Å². The molecule has 1 aromatic carbocycles. The van der Waals surface area contributed by atoms with Crippen LogP contribution in [0.25, 0.3) is 0 Å². The van der Waals surface area contributed by atoms with Gasteiger partial charge in [0.25, 0.3) is 0 Å². The highest BCUT2D eigenvalue weighted by Crippen LogP contribution is 2.38. The van der Waals surface area contributed by atoms with Crippen molar-refractivity contribution >= 4 is 7.60 Å². The van der Waals surface area contributed by atoms with Crippen LogP contribution in [0.1, 0.15) is 17.2 Å². The van der Waals surface area contributed by atoms with Gasteiger partial charge in [0.05, 0.1) is 12.2 Å². The summed E-state index contributed by atoms with van der Waals surface area (Å²) in [6.45, 7) is 1.94. The van der Waals surface area contributed by atoms with E-state index in [0.717, 1.165) is 11.1 Å². The summed E-state index contributed by atoms with van der Waals surface area (Å²) in [5, 5.41) is 0. The second kappa shape index (κ2) is 4.88. The minimum atomic E-state index is -4.06. The molecule has 1 unspecified atom stereocenters. The van der Waals surface area contributed by atoms with E-state index in [0.29, 0.717) is 0 Å². The molecule has 0 saturated carbocycles. The molecule has 1 aromatic rings. The Morgan fingerprint density at radius 3 is 2.33 bits per heavy atom. The molecule has 0 heterocycles. The number of benzene rings is 1. The Labute approximate surface area is 88.4 Å². The van der Waals surface area contributed by atoms with Gasteiger partial charge < -0.3 is 9.79 Å². The average molecular weight is 230 g/mol. The van der Waals surface area contributed by atoms with Gasteiger partial charge in [0.2, 0.25) is 0 Å². The third kappa shape index (κ3) is 4.11. The summed E-state index contributed by atoms with van der Waals surface area (Å²) in [5.41, 5.74) is 4.26. The topological polar surface area (TPSA) is 95.6 Å². The molecule has 0 aliphatic heterocycles. The first-order chi connectivity index (χ1) is 6.92. The van der Waals surface area contributed by atoms with Gasteiger partial charge in [-0.2, -0.15) is 0 Å². The highest BCUT2D eigenvalue weighted by Gasteiger charge is 2.21. The highest BCUT2D eigenvalue weighted by atomic mass is 31.2. The van der Waals surface area contributed by atoms with Crippen LogP contribution in [0.3, 0.4) is 0 Å². The number of nitrogens with one attached hydrogen (secondary N) is 1. The fourth-order valence-electron chi connectivity index (χ4n) is 1.29. The van der Waals surface area contributed by atoms with Crippen molar-refractivity contribution in [3.05, 3.63) is 35.4 Å². The van der Waals surface area contributed by atoms with Gasteiger partial charge in [-0.1, -0.05) is 29.8 Å². The zero-order chi connectivity index (χ0) is 11.5. The molecule has 0 bridgehead atoms. The molecule has 84 valence electrons. The predicted molar refractivity (Wildman–Crippen MR) is 58.2 cm³/mol. The Balaban J connectivity index is 2.83. The Morgan fingerprint density at radius 1 is 1.40 bits per heavy atom. The highest BCUT2D eigenvalue weighted by molar-refractivity contribution is 7.51. The maximum atomic E-state index is 10.8. The van der Waals surface area contributed by atoms with Gasteiger partial charge in [-0.3, -0.25) is 15.8 Å². The number of aryl methyl sites for hydroxylation is 1. The molecule has 0 amide bonds. The molecule has 6 heteroatoms. The van der Waals surface area contributed by atoms with Crippen LogP contribution in [0, 0.1) is 6.92 Å². The summed E-state index contributed by atoms with van der Waals surface area (Å²) >= 11 is 0. The maximum Gasteiger partial charge on any atom is 0.327 e. The molecule has 0 aromatic heterocycles. The Kier molecular flexibility index (Phi) is 4.02. The largest absolute Gasteiger partial charge is 0.327 e. The molecule has 0 aliphatic rings. The fraction of sp³-hybridized carbons (Fsp3) is 0.333. The van der Waals surface area contributed by atoms with Gasteiger partial charge in [-0.05, 0) is 12.5 Å². The average Bonchev–Trinajstić information content (AvgIpc) is 2.14. The van der Waals surface area contributed by atoms with Gasteiger partial charge in [0.1, 0.15) is 0 Å². The molecular formula is C9H15N2O3P. The van der Waals surface area contributed by atoms with Gasteiger partial charge >= 0.3 is 7.60 Å². The Morgan fingerprint density at radius 2 is 1.93 bits per heavy atom. The van der Waals surface area contributed by atoms with Crippen LogP contribution < -0.4 is 11.3 Å². The second-order valence-electron chi connectivity index (χ2n) is 3.48. The van der Waals surface area contributed by atoms with Crippen molar-refractivity contribution in [3.63, 3.8) is 0 Å². The lowest BCUT2D eigenvalue weighted by atomic mass is 10.1. The van der Waals surface area contributed by atoms with Crippen LogP contribution in [-0.2, 0) is 4.57 Å². The maximum absolute atomic E-state index is 10.8. The molecule has 0 saturated heterocycles. The standard InChI is InChI=1S/C9H15N2O3P/c1-7-2-4-8(5-3-7)9(11-10)6-15(12,13)14/h2-5,9,11H,6,10H2,1H3,(H2,12,13,14). The van der Waals surface area contributed by atoms with E-state index in [1.807, 2.05) is 19.1 Å². The number of rotatable bonds is 4. The summed E-state index contributed by atoms with van der Waals surface area (Å²) in [7, 11) is -4.06. The minimum Gasteiger partial charge on any atom is -0.324 e. The number of nitrogens with two attached hydrogens (primary N) is 1. The van der Waals surface area contributed by atoms with Gasteiger partial charge in [-0.15, -0.1) is 0 Å². The number of hydrogen-bond donors (Lipinski definition) is 4. The Bertz CT molecular complexity index is 360. The molecule has 1 atom stereocenters. The number of hydrogen-bond acceptors (Lipinski definition) is 3. The van der Waals surface area contributed by atoms with Crippen molar-refractivity contribution in [2.75, 3.05) is 6.16 Å². The van der Waals surface area contributed by atoms with E-state index < -0.39 is 13.6 Å². The first kappa shape index (κ1) is 12.4. The summed E-state index contributed by atoms with van der Waals surface area (Å²) in [6, 6.07) is 6.83. The Hall–Kier alpha value is -0.710. The lowest BCUT2D eigenvalue weighted by molar-refractivity contribution is 0.364. The first-order valence-electron chi connectivity index (χ1n) is 4.49. The van der Waals surface area contributed by atoms with Gasteiger partial charge in [0, 0.05) is 0 Å². The van der Waals surface area contributed by atoms with Crippen LogP contribution in [0.4, 0.5) is 0 Å². The van der Waals surface area contributed by atoms with E-state index in [1.165, 1.54) is 0 Å². The van der Waals surface area contributed by atoms with E-state index in [4.69, 9.17) is 15.6 Å². The molecule has 0 aliphatic carbocycles. The lowest BCUT2D eigenvalue weighted by Crippen LogP contribution is -2.30. The van der Waals surface area contributed by atoms with Gasteiger partial charge in [-0.25, -0.2) is 0 Å². The molecule has 0 fully saturated rings. The van der Waals surface area contributed by atoms with Crippen molar-refractivity contribution in [1.82, 2.24) is 5.43 Å². The monoisotopic (exact) mass is 230 g/mol. The molecule has 0 spiro atoms. The summed E-state index contributed by atoms with van der Waals surface area (Å²) in [4.78, 5) is 17.7. The van der Waals surface area contributed by atoms with Crippen molar-refractivity contribution < 1.29 is 14.4 Å². The van der Waals surface area contributed by atoms with Crippen molar-refractivity contribution in [3.8, 4) is 0 Å². The SMILES string of the molecule is Cc1ccc(C(CP(=O)(O)O)NN)cc1. The number of hydrazine groups is 1. The van der Waals surface area contributed by atoms with E-state index in [1.54, 1.807) is 12.1 Å².